The molecule has 4 heteroatoms. The third-order valence-electron chi connectivity index (χ3n) is 6.38. The maximum atomic E-state index is 14.8. The molecule has 0 heterocycles. The molecule has 4 rings (SSSR count). The standard InChI is InChI=1S/C29H29F3O/c1-3-33-27-17-15-24(18-26(27)30)21-11-6-20(7-12-21)8-13-23-14-16-25(29(32)28(23)31)22-9-4-19(2)5-10-22/h6-7,9,11-12,14-19H,3-5,8,10,13H2,1-2H3. The fourth-order valence-corrected chi connectivity index (χ4v) is 4.34. The van der Waals surface area contributed by atoms with Crippen LogP contribution in [0.2, 0.25) is 0 Å². The summed E-state index contributed by atoms with van der Waals surface area (Å²) in [7, 11) is 0. The van der Waals surface area contributed by atoms with Crippen LogP contribution >= 0.6 is 0 Å². The largest absolute Gasteiger partial charge is 0.491 e. The summed E-state index contributed by atoms with van der Waals surface area (Å²) in [5.41, 5.74) is 4.36. The summed E-state index contributed by atoms with van der Waals surface area (Å²) in [6.07, 6.45) is 5.76. The van der Waals surface area contributed by atoms with Crippen molar-refractivity contribution in [2.75, 3.05) is 6.61 Å². The summed E-state index contributed by atoms with van der Waals surface area (Å²) in [5, 5.41) is 0. The van der Waals surface area contributed by atoms with Gasteiger partial charge in [0.15, 0.2) is 23.2 Å². The van der Waals surface area contributed by atoms with E-state index in [-0.39, 0.29) is 5.75 Å². The Morgan fingerprint density at radius 2 is 1.64 bits per heavy atom. The lowest BCUT2D eigenvalue weighted by molar-refractivity contribution is 0.321. The van der Waals surface area contributed by atoms with E-state index in [1.54, 1.807) is 18.2 Å². The van der Waals surface area contributed by atoms with Crippen LogP contribution in [0.25, 0.3) is 16.7 Å². The molecule has 1 unspecified atom stereocenters. The molecule has 0 aliphatic heterocycles. The monoisotopic (exact) mass is 450 g/mol. The second-order valence-electron chi connectivity index (χ2n) is 8.78. The van der Waals surface area contributed by atoms with E-state index in [1.165, 1.54) is 6.07 Å². The first kappa shape index (κ1) is 23.2. The van der Waals surface area contributed by atoms with Crippen molar-refractivity contribution >= 4 is 5.57 Å². The predicted octanol–water partition coefficient (Wildman–Crippen LogP) is 8.16. The number of aryl methyl sites for hydroxylation is 2. The number of allylic oxidation sites excluding steroid dienone is 2. The Kier molecular flexibility index (Phi) is 7.22. The summed E-state index contributed by atoms with van der Waals surface area (Å²) in [4.78, 5) is 0. The summed E-state index contributed by atoms with van der Waals surface area (Å²) in [6, 6.07) is 16.1. The molecule has 1 atom stereocenters. The molecule has 1 aliphatic rings. The maximum Gasteiger partial charge on any atom is 0.166 e. The molecule has 172 valence electrons. The van der Waals surface area contributed by atoms with E-state index in [4.69, 9.17) is 4.74 Å². The summed E-state index contributed by atoms with van der Waals surface area (Å²) in [6.45, 7) is 4.40. The van der Waals surface area contributed by atoms with E-state index < -0.39 is 17.5 Å². The molecule has 0 saturated carbocycles. The maximum absolute atomic E-state index is 14.8. The Morgan fingerprint density at radius 3 is 2.30 bits per heavy atom. The molecular weight excluding hydrogens is 421 g/mol. The van der Waals surface area contributed by atoms with Crippen molar-refractivity contribution in [3.8, 4) is 16.9 Å². The molecule has 0 N–H and O–H groups in total. The van der Waals surface area contributed by atoms with E-state index in [0.717, 1.165) is 41.5 Å². The van der Waals surface area contributed by atoms with Gasteiger partial charge in [0.05, 0.1) is 6.61 Å². The molecular formula is C29H29F3O. The van der Waals surface area contributed by atoms with Gasteiger partial charge in [0.1, 0.15) is 0 Å². The minimum atomic E-state index is -0.742. The van der Waals surface area contributed by atoms with Crippen LogP contribution in [0.5, 0.6) is 5.75 Å². The zero-order chi connectivity index (χ0) is 23.4. The molecule has 3 aromatic rings. The van der Waals surface area contributed by atoms with Gasteiger partial charge >= 0.3 is 0 Å². The minimum Gasteiger partial charge on any atom is -0.491 e. The predicted molar refractivity (Wildman–Crippen MR) is 128 cm³/mol. The molecule has 0 amide bonds. The van der Waals surface area contributed by atoms with Gasteiger partial charge in [-0.05, 0) is 84.9 Å². The number of halogens is 3. The lowest BCUT2D eigenvalue weighted by atomic mass is 9.87. The van der Waals surface area contributed by atoms with E-state index in [0.29, 0.717) is 36.5 Å². The Balaban J connectivity index is 1.43. The van der Waals surface area contributed by atoms with Gasteiger partial charge in [0.2, 0.25) is 0 Å². The van der Waals surface area contributed by atoms with Crippen LogP contribution in [0.4, 0.5) is 13.2 Å². The van der Waals surface area contributed by atoms with Gasteiger partial charge in [-0.2, -0.15) is 0 Å². The molecule has 0 aromatic heterocycles. The lowest BCUT2D eigenvalue weighted by Crippen LogP contribution is -2.05. The Bertz CT molecular complexity index is 1150. The second kappa shape index (κ2) is 10.3. The van der Waals surface area contributed by atoms with E-state index in [2.05, 4.69) is 6.92 Å². The molecule has 0 bridgehead atoms. The molecule has 0 fully saturated rings. The average molecular weight is 451 g/mol. The highest BCUT2D eigenvalue weighted by molar-refractivity contribution is 5.67. The zero-order valence-corrected chi connectivity index (χ0v) is 19.1. The van der Waals surface area contributed by atoms with E-state index in [9.17, 15) is 13.2 Å². The summed E-state index contributed by atoms with van der Waals surface area (Å²) in [5.74, 6) is -1.03. The number of rotatable bonds is 7. The summed E-state index contributed by atoms with van der Waals surface area (Å²) >= 11 is 0. The van der Waals surface area contributed by atoms with E-state index >= 15 is 0 Å². The molecule has 3 aromatic carbocycles. The van der Waals surface area contributed by atoms with Crippen LogP contribution in [0, 0.1) is 23.4 Å². The molecule has 0 radical (unpaired) electrons. The average Bonchev–Trinajstić information content (AvgIpc) is 2.82. The Morgan fingerprint density at radius 1 is 0.879 bits per heavy atom. The van der Waals surface area contributed by atoms with Crippen molar-refractivity contribution in [1.82, 2.24) is 0 Å². The SMILES string of the molecule is CCOc1ccc(-c2ccc(CCc3ccc(C4=CCC(C)CC4)c(F)c3F)cc2)cc1F. The first-order valence-electron chi connectivity index (χ1n) is 11.6. The topological polar surface area (TPSA) is 9.23 Å². The van der Waals surface area contributed by atoms with Gasteiger partial charge < -0.3 is 4.74 Å². The van der Waals surface area contributed by atoms with Crippen molar-refractivity contribution in [2.24, 2.45) is 5.92 Å². The normalized spacial score (nSPS) is 15.9. The quantitative estimate of drug-likeness (QED) is 0.353. The van der Waals surface area contributed by atoms with Gasteiger partial charge in [-0.1, -0.05) is 55.5 Å². The van der Waals surface area contributed by atoms with Crippen molar-refractivity contribution in [1.29, 1.82) is 0 Å². The van der Waals surface area contributed by atoms with Gasteiger partial charge in [0.25, 0.3) is 0 Å². The number of benzene rings is 3. The Labute approximate surface area is 193 Å². The molecule has 1 aliphatic carbocycles. The Hall–Kier alpha value is -3.01. The molecule has 1 nitrogen and oxygen atoms in total. The highest BCUT2D eigenvalue weighted by Crippen LogP contribution is 2.33. The van der Waals surface area contributed by atoms with Crippen LogP contribution < -0.4 is 4.74 Å². The van der Waals surface area contributed by atoms with Crippen LogP contribution in [0.3, 0.4) is 0 Å². The van der Waals surface area contributed by atoms with Crippen molar-refractivity contribution in [3.05, 3.63) is 94.8 Å². The van der Waals surface area contributed by atoms with Crippen LogP contribution in [-0.2, 0) is 12.8 Å². The van der Waals surface area contributed by atoms with Gasteiger partial charge in [-0.15, -0.1) is 0 Å². The fourth-order valence-electron chi connectivity index (χ4n) is 4.34. The lowest BCUT2D eigenvalue weighted by Gasteiger charge is -2.19. The van der Waals surface area contributed by atoms with Gasteiger partial charge in [-0.3, -0.25) is 0 Å². The van der Waals surface area contributed by atoms with Crippen molar-refractivity contribution < 1.29 is 17.9 Å². The van der Waals surface area contributed by atoms with Crippen LogP contribution in [-0.4, -0.2) is 6.61 Å². The molecule has 33 heavy (non-hydrogen) atoms. The minimum absolute atomic E-state index is 0.243. The molecule has 0 spiro atoms. The summed E-state index contributed by atoms with van der Waals surface area (Å²) < 4.78 is 48.9. The van der Waals surface area contributed by atoms with E-state index in [1.807, 2.05) is 43.3 Å². The third kappa shape index (κ3) is 5.32. The third-order valence-corrected chi connectivity index (χ3v) is 6.38. The highest BCUT2D eigenvalue weighted by Gasteiger charge is 2.19. The van der Waals surface area contributed by atoms with Crippen LogP contribution in [0.1, 0.15) is 49.8 Å². The smallest absolute Gasteiger partial charge is 0.166 e. The molecule has 0 saturated heterocycles. The number of hydrogen-bond acceptors (Lipinski definition) is 1. The van der Waals surface area contributed by atoms with Crippen molar-refractivity contribution in [2.45, 2.75) is 46.0 Å². The zero-order valence-electron chi connectivity index (χ0n) is 19.1. The fraction of sp³-hybridized carbons (Fsp3) is 0.310. The number of hydrogen-bond donors (Lipinski definition) is 0. The highest BCUT2D eigenvalue weighted by atomic mass is 19.2. The number of ether oxygens (including phenoxy) is 1. The van der Waals surface area contributed by atoms with Gasteiger partial charge in [-0.25, -0.2) is 13.2 Å². The first-order chi connectivity index (χ1) is 16.0. The van der Waals surface area contributed by atoms with Gasteiger partial charge in [0, 0.05) is 5.56 Å². The van der Waals surface area contributed by atoms with Crippen molar-refractivity contribution in [3.63, 3.8) is 0 Å². The first-order valence-corrected chi connectivity index (χ1v) is 11.6. The second-order valence-corrected chi connectivity index (χ2v) is 8.78. The van der Waals surface area contributed by atoms with Crippen LogP contribution in [0.15, 0.2) is 60.7 Å².